The zero-order valence-corrected chi connectivity index (χ0v) is 14.9. The van der Waals surface area contributed by atoms with E-state index in [1.54, 1.807) is 18.0 Å². The van der Waals surface area contributed by atoms with Crippen molar-refractivity contribution >= 4 is 29.8 Å². The fourth-order valence-corrected chi connectivity index (χ4v) is 2.52. The van der Waals surface area contributed by atoms with Crippen LogP contribution in [0.5, 0.6) is 0 Å². The normalized spacial score (nSPS) is 10.6. The highest BCUT2D eigenvalue weighted by Crippen LogP contribution is 2.13. The van der Waals surface area contributed by atoms with E-state index in [1.807, 2.05) is 60.9 Å². The molecule has 2 rings (SSSR count). The van der Waals surface area contributed by atoms with Gasteiger partial charge in [-0.15, -0.1) is 11.8 Å². The first-order chi connectivity index (χ1) is 12.2. The van der Waals surface area contributed by atoms with Crippen molar-refractivity contribution in [2.24, 2.45) is 5.10 Å². The van der Waals surface area contributed by atoms with Crippen molar-refractivity contribution in [1.29, 1.82) is 0 Å². The minimum atomic E-state index is -0.436. The molecule has 0 aliphatic heterocycles. The average molecular weight is 355 g/mol. The fraction of sp³-hybridized carbons (Fsp3) is 0.211. The van der Waals surface area contributed by atoms with Gasteiger partial charge in [-0.1, -0.05) is 42.5 Å². The molecule has 6 heteroatoms. The Morgan fingerprint density at radius 3 is 2.44 bits per heavy atom. The second-order valence-electron chi connectivity index (χ2n) is 5.33. The Morgan fingerprint density at radius 2 is 1.76 bits per heavy atom. The lowest BCUT2D eigenvalue weighted by Crippen LogP contribution is -2.31. The van der Waals surface area contributed by atoms with Crippen LogP contribution in [0.15, 0.2) is 64.6 Å². The van der Waals surface area contributed by atoms with Crippen LogP contribution in [0.4, 0.5) is 0 Å². The molecule has 0 fully saturated rings. The van der Waals surface area contributed by atoms with Gasteiger partial charge in [0.2, 0.25) is 11.8 Å². The molecule has 0 atom stereocenters. The number of nitrogens with zero attached hydrogens (tertiary/aromatic N) is 1. The maximum Gasteiger partial charge on any atom is 0.249 e. The number of carbonyl (C=O) groups excluding carboxylic acids is 2. The van der Waals surface area contributed by atoms with Crippen LogP contribution in [0.3, 0.4) is 0 Å². The van der Waals surface area contributed by atoms with Crippen LogP contribution >= 0.6 is 11.8 Å². The smallest absolute Gasteiger partial charge is 0.249 e. The highest BCUT2D eigenvalue weighted by molar-refractivity contribution is 7.98. The number of rotatable bonds is 8. The van der Waals surface area contributed by atoms with Crippen LogP contribution < -0.4 is 10.7 Å². The molecule has 0 unspecified atom stereocenters. The van der Waals surface area contributed by atoms with Gasteiger partial charge in [0.15, 0.2) is 0 Å². The summed E-state index contributed by atoms with van der Waals surface area (Å²) >= 11 is 1.66. The molecule has 130 valence electrons. The lowest BCUT2D eigenvalue weighted by molar-refractivity contribution is -0.129. The molecule has 0 radical (unpaired) electrons. The van der Waals surface area contributed by atoms with Gasteiger partial charge in [-0.3, -0.25) is 9.59 Å². The first-order valence-corrected chi connectivity index (χ1v) is 9.16. The molecule has 0 saturated heterocycles. The highest BCUT2D eigenvalue weighted by atomic mass is 32.2. The van der Waals surface area contributed by atoms with Crippen LogP contribution in [-0.2, 0) is 16.0 Å². The predicted octanol–water partition coefficient (Wildman–Crippen LogP) is 2.61. The number of thioether (sulfide) groups is 1. The third-order valence-corrected chi connectivity index (χ3v) is 4.16. The fourth-order valence-electron chi connectivity index (χ4n) is 2.11. The first-order valence-electron chi connectivity index (χ1n) is 7.94. The second kappa shape index (κ2) is 10.3. The van der Waals surface area contributed by atoms with Gasteiger partial charge in [-0.05, 0) is 35.9 Å². The van der Waals surface area contributed by atoms with E-state index in [4.69, 9.17) is 0 Å². The predicted molar refractivity (Wildman–Crippen MR) is 102 cm³/mol. The number of amides is 2. The molecule has 0 spiro atoms. The van der Waals surface area contributed by atoms with E-state index in [9.17, 15) is 9.59 Å². The van der Waals surface area contributed by atoms with Gasteiger partial charge in [-0.2, -0.15) is 5.10 Å². The largest absolute Gasteiger partial charge is 0.355 e. The van der Waals surface area contributed by atoms with E-state index < -0.39 is 5.91 Å². The van der Waals surface area contributed by atoms with Crippen molar-refractivity contribution in [3.8, 4) is 0 Å². The number of nitrogens with one attached hydrogen (secondary N) is 2. The van der Waals surface area contributed by atoms with Crippen molar-refractivity contribution < 1.29 is 9.59 Å². The van der Waals surface area contributed by atoms with E-state index in [2.05, 4.69) is 15.8 Å². The van der Waals surface area contributed by atoms with E-state index in [1.165, 1.54) is 0 Å². The van der Waals surface area contributed by atoms with Crippen LogP contribution in [0.2, 0.25) is 0 Å². The maximum absolute atomic E-state index is 11.7. The van der Waals surface area contributed by atoms with Gasteiger partial charge >= 0.3 is 0 Å². The summed E-state index contributed by atoms with van der Waals surface area (Å²) < 4.78 is 0. The van der Waals surface area contributed by atoms with Crippen LogP contribution in [0, 0.1) is 0 Å². The Hall–Kier alpha value is -2.60. The molecule has 0 saturated carbocycles. The molecular weight excluding hydrogens is 334 g/mol. The SMILES string of the molecule is CSc1ccc(/C=N/NC(=O)CC(=O)NCCc2ccccc2)cc1. The zero-order chi connectivity index (χ0) is 17.9. The number of hydrogen-bond donors (Lipinski definition) is 2. The topological polar surface area (TPSA) is 70.6 Å². The number of carbonyl (C=O) groups is 2. The Labute approximate surface area is 151 Å². The highest BCUT2D eigenvalue weighted by Gasteiger charge is 2.07. The van der Waals surface area contributed by atoms with Crippen LogP contribution in [0.1, 0.15) is 17.5 Å². The summed E-state index contributed by atoms with van der Waals surface area (Å²) in [6, 6.07) is 17.6. The van der Waals surface area contributed by atoms with Crippen LogP contribution in [-0.4, -0.2) is 30.8 Å². The minimum Gasteiger partial charge on any atom is -0.355 e. The van der Waals surface area contributed by atoms with Gasteiger partial charge in [0.05, 0.1) is 6.21 Å². The van der Waals surface area contributed by atoms with E-state index >= 15 is 0 Å². The monoisotopic (exact) mass is 355 g/mol. The molecular formula is C19H21N3O2S. The van der Waals surface area contributed by atoms with Crippen molar-refractivity contribution in [2.45, 2.75) is 17.7 Å². The van der Waals surface area contributed by atoms with Crippen molar-refractivity contribution in [1.82, 2.24) is 10.7 Å². The molecule has 0 bridgehead atoms. The molecule has 25 heavy (non-hydrogen) atoms. The van der Waals surface area contributed by atoms with Crippen molar-refractivity contribution in [3.05, 3.63) is 65.7 Å². The standard InChI is InChI=1S/C19H21N3O2S/c1-25-17-9-7-16(8-10-17)14-21-22-19(24)13-18(23)20-12-11-15-5-3-2-4-6-15/h2-10,14H,11-13H2,1H3,(H,20,23)(H,22,24)/b21-14+. The Morgan fingerprint density at radius 1 is 1.04 bits per heavy atom. The lowest BCUT2D eigenvalue weighted by atomic mass is 10.1. The van der Waals surface area contributed by atoms with Gasteiger partial charge < -0.3 is 5.32 Å². The van der Waals surface area contributed by atoms with Crippen LogP contribution in [0.25, 0.3) is 0 Å². The molecule has 2 aromatic carbocycles. The Bertz CT molecular complexity index is 715. The summed E-state index contributed by atoms with van der Waals surface area (Å²) in [5.41, 5.74) is 4.39. The molecule has 0 aliphatic carbocycles. The summed E-state index contributed by atoms with van der Waals surface area (Å²) in [6.45, 7) is 0.501. The molecule has 0 heterocycles. The molecule has 0 aliphatic rings. The molecule has 5 nitrogen and oxygen atoms in total. The second-order valence-corrected chi connectivity index (χ2v) is 6.21. The lowest BCUT2D eigenvalue weighted by Gasteiger charge is -2.04. The summed E-state index contributed by atoms with van der Waals surface area (Å²) in [6.07, 6.45) is 4.06. The summed E-state index contributed by atoms with van der Waals surface area (Å²) in [5.74, 6) is -0.748. The Kier molecular flexibility index (Phi) is 7.72. The van der Waals surface area contributed by atoms with Gasteiger partial charge in [0.25, 0.3) is 0 Å². The molecule has 2 amide bonds. The van der Waals surface area contributed by atoms with E-state index in [-0.39, 0.29) is 12.3 Å². The van der Waals surface area contributed by atoms with Gasteiger partial charge in [-0.25, -0.2) is 5.43 Å². The molecule has 2 aromatic rings. The average Bonchev–Trinajstić information content (AvgIpc) is 2.63. The quantitative estimate of drug-likeness (QED) is 0.331. The van der Waals surface area contributed by atoms with Crippen molar-refractivity contribution in [2.75, 3.05) is 12.8 Å². The third-order valence-electron chi connectivity index (χ3n) is 3.42. The number of hydrazone groups is 1. The first kappa shape index (κ1) is 18.7. The van der Waals surface area contributed by atoms with Crippen molar-refractivity contribution in [3.63, 3.8) is 0 Å². The maximum atomic E-state index is 11.7. The summed E-state index contributed by atoms with van der Waals surface area (Å²) in [4.78, 5) is 24.6. The zero-order valence-electron chi connectivity index (χ0n) is 14.1. The van der Waals surface area contributed by atoms with E-state index in [0.29, 0.717) is 6.54 Å². The van der Waals surface area contributed by atoms with E-state index in [0.717, 1.165) is 22.4 Å². The molecule has 0 aromatic heterocycles. The summed E-state index contributed by atoms with van der Waals surface area (Å²) in [5, 5.41) is 6.60. The number of hydrogen-bond acceptors (Lipinski definition) is 4. The minimum absolute atomic E-state index is 0.239. The van der Waals surface area contributed by atoms with Gasteiger partial charge in [0, 0.05) is 11.4 Å². The third kappa shape index (κ3) is 7.22. The number of benzene rings is 2. The summed E-state index contributed by atoms with van der Waals surface area (Å²) in [7, 11) is 0. The molecule has 2 N–H and O–H groups in total. The Balaban J connectivity index is 1.66. The van der Waals surface area contributed by atoms with Gasteiger partial charge in [0.1, 0.15) is 6.42 Å².